The van der Waals surface area contributed by atoms with Crippen molar-refractivity contribution in [1.29, 1.82) is 0 Å². The maximum atomic E-state index is 13.4. The number of hydrogen-bond acceptors (Lipinski definition) is 5. The van der Waals surface area contributed by atoms with Crippen LogP contribution in [-0.4, -0.2) is 9.91 Å². The molecule has 3 rings (SSSR count). The van der Waals surface area contributed by atoms with Crippen LogP contribution >= 0.6 is 11.8 Å². The first-order chi connectivity index (χ1) is 11.1. The first-order valence-electron chi connectivity index (χ1n) is 6.44. The van der Waals surface area contributed by atoms with Gasteiger partial charge in [0.05, 0.1) is 0 Å². The zero-order valence-electron chi connectivity index (χ0n) is 11.6. The van der Waals surface area contributed by atoms with Crippen LogP contribution in [0.3, 0.4) is 0 Å². The predicted octanol–water partition coefficient (Wildman–Crippen LogP) is 1.02. The van der Waals surface area contributed by atoms with E-state index >= 15 is 0 Å². The van der Waals surface area contributed by atoms with Crippen molar-refractivity contribution in [3.63, 3.8) is 0 Å². The summed E-state index contributed by atoms with van der Waals surface area (Å²) in [7, 11) is 0. The number of nitro groups is 1. The molecule has 2 aromatic carbocycles. The molecule has 5 nitrogen and oxygen atoms in total. The van der Waals surface area contributed by atoms with Crippen molar-refractivity contribution >= 4 is 33.9 Å². The normalized spacial score (nSPS) is 11.0. The summed E-state index contributed by atoms with van der Waals surface area (Å²) in [6.45, 7) is 0. The Morgan fingerprint density at radius 2 is 2.09 bits per heavy atom. The molecule has 0 aliphatic carbocycles. The van der Waals surface area contributed by atoms with Crippen LogP contribution in [0.5, 0.6) is 0 Å². The van der Waals surface area contributed by atoms with Crippen LogP contribution < -0.4 is 27.5 Å². The molecule has 2 N–H and O–H groups in total. The Morgan fingerprint density at radius 3 is 2.83 bits per heavy atom. The summed E-state index contributed by atoms with van der Waals surface area (Å²) in [5, 5.41) is 12.9. The molecule has 8 heteroatoms. The topological polar surface area (TPSA) is 82.0 Å². The van der Waals surface area contributed by atoms with Gasteiger partial charge in [0.2, 0.25) is 0 Å². The molecule has 0 aliphatic heterocycles. The van der Waals surface area contributed by atoms with E-state index in [4.69, 9.17) is 5.73 Å². The van der Waals surface area contributed by atoms with Gasteiger partial charge in [0.15, 0.2) is 0 Å². The van der Waals surface area contributed by atoms with Crippen LogP contribution in [0.2, 0.25) is 0 Å². The van der Waals surface area contributed by atoms with Crippen LogP contribution in [0, 0.1) is 13.7 Å². The molecule has 0 amide bonds. The maximum absolute atomic E-state index is 13.4. The number of nitrogens with two attached hydrogens (primary N) is 1. The van der Waals surface area contributed by atoms with E-state index in [1.807, 2.05) is 24.3 Å². The number of nitrogen functional groups attached to an aromatic ring is 1. The van der Waals surface area contributed by atoms with E-state index in [1.165, 1.54) is 23.9 Å². The summed E-state index contributed by atoms with van der Waals surface area (Å²) in [4.78, 5) is 16.0. The van der Waals surface area contributed by atoms with Gasteiger partial charge in [-0.25, -0.2) is 0 Å². The van der Waals surface area contributed by atoms with Crippen molar-refractivity contribution in [2.45, 2.75) is 9.79 Å². The molecule has 1 heterocycles. The van der Waals surface area contributed by atoms with E-state index in [0.717, 1.165) is 15.7 Å². The van der Waals surface area contributed by atoms with Gasteiger partial charge >= 0.3 is 146 Å². The fourth-order valence-corrected chi connectivity index (χ4v) is 4.47. The molecule has 0 unspecified atom stereocenters. The van der Waals surface area contributed by atoms with Crippen LogP contribution in [0.4, 0.5) is 14.2 Å². The fraction of sp³-hybridized carbons (Fsp3) is 0. The van der Waals surface area contributed by atoms with Crippen molar-refractivity contribution < 1.29 is 29.6 Å². The van der Waals surface area contributed by atoms with Crippen molar-refractivity contribution in [3.8, 4) is 0 Å². The number of fused-ring (bicyclic) bond motifs is 1. The van der Waals surface area contributed by atoms with Crippen LogP contribution in [-0.2, 0) is 0 Å². The summed E-state index contributed by atoms with van der Waals surface area (Å²) < 4.78 is 13.8. The Bertz CT molecular complexity index is 902. The summed E-state index contributed by atoms with van der Waals surface area (Å²) in [6, 6.07) is 10.4. The van der Waals surface area contributed by atoms with Gasteiger partial charge in [0.1, 0.15) is 0 Å². The van der Waals surface area contributed by atoms with Crippen molar-refractivity contribution in [2.75, 3.05) is 5.73 Å². The zero-order valence-corrected chi connectivity index (χ0v) is 14.5. The number of nitrogens with zero attached hydrogens (tertiary/aromatic N) is 2. The van der Waals surface area contributed by atoms with E-state index < -0.39 is 26.7 Å². The molecule has 118 valence electrons. The molecular formula is C15H10FIN3O2S-. The molecule has 0 saturated carbocycles. The van der Waals surface area contributed by atoms with Gasteiger partial charge in [-0.05, 0) is 0 Å². The molecule has 0 spiro atoms. The van der Waals surface area contributed by atoms with E-state index in [0.29, 0.717) is 8.47 Å². The molecular weight excluding hydrogens is 432 g/mol. The van der Waals surface area contributed by atoms with E-state index in [9.17, 15) is 13.0 Å². The molecule has 0 radical (unpaired) electrons. The first-order valence-corrected chi connectivity index (χ1v) is 9.15. The molecule has 3 aromatic rings. The summed E-state index contributed by atoms with van der Waals surface area (Å²) in [5.41, 5.74) is 5.53. The number of halogens is 2. The number of anilines is 1. The minimum absolute atomic E-state index is 0.0422. The fourth-order valence-electron chi connectivity index (χ4n) is 2.15. The summed E-state index contributed by atoms with van der Waals surface area (Å²) in [6.07, 6.45) is 3.45. The van der Waals surface area contributed by atoms with Crippen LogP contribution in [0.25, 0.3) is 10.8 Å². The minimum atomic E-state index is -1.80. The molecule has 0 aliphatic rings. The average molecular weight is 442 g/mol. The second-order valence-corrected chi connectivity index (χ2v) is 7.28. The molecule has 23 heavy (non-hydrogen) atoms. The van der Waals surface area contributed by atoms with Gasteiger partial charge in [-0.15, -0.1) is 0 Å². The number of aromatic nitrogens is 1. The van der Waals surface area contributed by atoms with Crippen LogP contribution in [0.1, 0.15) is 0 Å². The van der Waals surface area contributed by atoms with Gasteiger partial charge in [0.25, 0.3) is 0 Å². The zero-order chi connectivity index (χ0) is 16.4. The number of benzene rings is 2. The van der Waals surface area contributed by atoms with Gasteiger partial charge in [-0.2, -0.15) is 0 Å². The third-order valence-electron chi connectivity index (χ3n) is 3.22. The molecule has 0 fully saturated rings. The van der Waals surface area contributed by atoms with Gasteiger partial charge in [-0.3, -0.25) is 0 Å². The Hall–Kier alpha value is -1.94. The van der Waals surface area contributed by atoms with E-state index in [-0.39, 0.29) is 11.4 Å². The van der Waals surface area contributed by atoms with Gasteiger partial charge in [0, 0.05) is 0 Å². The molecule has 1 aromatic heterocycles. The summed E-state index contributed by atoms with van der Waals surface area (Å²) in [5.74, 6) is 0. The van der Waals surface area contributed by atoms with Crippen molar-refractivity contribution in [2.24, 2.45) is 0 Å². The van der Waals surface area contributed by atoms with Gasteiger partial charge in [-0.1, -0.05) is 0 Å². The third-order valence-corrected chi connectivity index (χ3v) is 6.05. The quantitative estimate of drug-likeness (QED) is 0.283. The third kappa shape index (κ3) is 3.22. The predicted molar refractivity (Wildman–Crippen MR) is 83.2 cm³/mol. The second-order valence-electron chi connectivity index (χ2n) is 4.63. The number of pyridine rings is 1. The Morgan fingerprint density at radius 1 is 1.26 bits per heavy atom. The van der Waals surface area contributed by atoms with Crippen molar-refractivity contribution in [3.05, 3.63) is 62.5 Å². The monoisotopic (exact) mass is 442 g/mol. The Balaban J connectivity index is 2.08. The van der Waals surface area contributed by atoms with Crippen molar-refractivity contribution in [1.82, 2.24) is 4.98 Å². The van der Waals surface area contributed by atoms with Crippen LogP contribution in [0.15, 0.2) is 58.6 Å². The van der Waals surface area contributed by atoms with E-state index in [1.54, 1.807) is 12.4 Å². The first kappa shape index (κ1) is 15.9. The average Bonchev–Trinajstić information content (AvgIpc) is 2.55. The number of nitro benzene ring substituents is 1. The number of rotatable bonds is 4. The second kappa shape index (κ2) is 6.67. The standard InChI is InChI=1S/C15H10FIN3O2S/c16-17-11-6-13(20(21)22)12(18)7-15(11)23-14-3-1-2-9-8-19-5-4-10(9)14/h1-8H,18H2/q-1. The molecule has 0 atom stereocenters. The van der Waals surface area contributed by atoms with E-state index in [2.05, 4.69) is 4.98 Å². The Kier molecular flexibility index (Phi) is 4.62. The molecule has 0 bridgehead atoms. The molecule has 0 saturated heterocycles. The SMILES string of the molecule is Nc1cc(Sc2cccc3cnccc23)c([I-]F)cc1[N+](=O)[O-]. The number of hydrogen-bond donors (Lipinski definition) is 1. The van der Waals surface area contributed by atoms with Gasteiger partial charge < -0.3 is 0 Å². The Labute approximate surface area is 146 Å². The summed E-state index contributed by atoms with van der Waals surface area (Å²) >= 11 is -0.443.